The lowest BCUT2D eigenvalue weighted by molar-refractivity contribution is -0.870. The van der Waals surface area contributed by atoms with Crippen LogP contribution in [0.3, 0.4) is 0 Å². The number of nitrogens with one attached hydrogen (secondary N) is 1. The van der Waals surface area contributed by atoms with Crippen molar-refractivity contribution in [1.82, 2.24) is 5.32 Å². The van der Waals surface area contributed by atoms with Gasteiger partial charge in [0, 0.05) is 6.42 Å². The van der Waals surface area contributed by atoms with E-state index < -0.39 is 26.6 Å². The van der Waals surface area contributed by atoms with E-state index in [9.17, 15) is 19.4 Å². The van der Waals surface area contributed by atoms with Crippen molar-refractivity contribution in [2.24, 2.45) is 0 Å². The van der Waals surface area contributed by atoms with Crippen LogP contribution in [0.4, 0.5) is 0 Å². The molecule has 9 heteroatoms. The predicted molar refractivity (Wildman–Crippen MR) is 311 cm³/mol. The minimum Gasteiger partial charge on any atom is -0.756 e. The Morgan fingerprint density at radius 1 is 0.500 bits per heavy atom. The SMILES string of the molecule is CC/C=C\C/C=C\C/C=C\C/C=C\C/C=C\C/C=C\C/C=C\C/C=C\C/C=C\C/C=C\CCCCCCC(=O)NC(COP(=O)([O-])OCC[N+](C)(C)C)C(O)/C=C/CCCCCCCCCCCCCCC. The number of hydrogen-bond acceptors (Lipinski definition) is 6. The molecule has 0 aliphatic rings. The summed E-state index contributed by atoms with van der Waals surface area (Å²) in [6, 6.07) is -0.910. The number of hydrogen-bond donors (Lipinski definition) is 2. The molecule has 0 aromatic carbocycles. The number of phosphoric acid groups is 1. The van der Waals surface area contributed by atoms with Crippen LogP contribution in [0.1, 0.15) is 206 Å². The topological polar surface area (TPSA) is 108 Å². The van der Waals surface area contributed by atoms with E-state index in [1.54, 1.807) is 6.08 Å². The molecule has 0 aromatic rings. The van der Waals surface area contributed by atoms with Crippen molar-refractivity contribution in [2.45, 2.75) is 219 Å². The minimum atomic E-state index is -4.61. The lowest BCUT2D eigenvalue weighted by Crippen LogP contribution is -2.45. The third kappa shape index (κ3) is 54.4. The molecule has 3 unspecified atom stereocenters. The molecule has 0 aromatic heterocycles. The molecule has 0 saturated heterocycles. The van der Waals surface area contributed by atoms with Gasteiger partial charge in [0.25, 0.3) is 7.82 Å². The fraction of sp³-hybridized carbons (Fsp3) is 0.635. The van der Waals surface area contributed by atoms with Gasteiger partial charge in [-0.25, -0.2) is 0 Å². The number of aliphatic hydroxyl groups excluding tert-OH is 1. The van der Waals surface area contributed by atoms with Gasteiger partial charge in [0.2, 0.25) is 5.91 Å². The van der Waals surface area contributed by atoms with Crippen LogP contribution in [-0.2, 0) is 18.4 Å². The van der Waals surface area contributed by atoms with E-state index in [1.807, 2.05) is 27.2 Å². The van der Waals surface area contributed by atoms with Gasteiger partial charge in [0.05, 0.1) is 39.9 Å². The van der Waals surface area contributed by atoms with E-state index in [0.29, 0.717) is 17.4 Å². The maximum Gasteiger partial charge on any atom is 0.268 e. The molecule has 0 saturated carbocycles. The molecule has 0 radical (unpaired) electrons. The number of nitrogens with zero attached hydrogens (tertiary/aromatic N) is 1. The Balaban J connectivity index is 4.28. The lowest BCUT2D eigenvalue weighted by atomic mass is 10.0. The quantitative estimate of drug-likeness (QED) is 0.0272. The van der Waals surface area contributed by atoms with E-state index in [0.717, 1.165) is 116 Å². The molecule has 0 fully saturated rings. The molecule has 410 valence electrons. The van der Waals surface area contributed by atoms with Crippen LogP contribution >= 0.6 is 7.82 Å². The van der Waals surface area contributed by atoms with Crippen LogP contribution in [0, 0.1) is 0 Å². The minimum absolute atomic E-state index is 0.0136. The Bertz CT molecular complexity index is 1630. The van der Waals surface area contributed by atoms with Gasteiger partial charge in [-0.3, -0.25) is 9.36 Å². The fourth-order valence-electron chi connectivity index (χ4n) is 7.41. The van der Waals surface area contributed by atoms with Crippen molar-refractivity contribution in [1.29, 1.82) is 0 Å². The van der Waals surface area contributed by atoms with Crippen LogP contribution in [0.2, 0.25) is 0 Å². The van der Waals surface area contributed by atoms with Gasteiger partial charge in [0.15, 0.2) is 0 Å². The van der Waals surface area contributed by atoms with Crippen LogP contribution in [0.15, 0.2) is 134 Å². The Hall–Kier alpha value is -3.36. The predicted octanol–water partition coefficient (Wildman–Crippen LogP) is 16.9. The maximum atomic E-state index is 12.9. The van der Waals surface area contributed by atoms with E-state index in [-0.39, 0.29) is 12.5 Å². The molecular formula is C63H107N2O6P. The summed E-state index contributed by atoms with van der Waals surface area (Å²) in [6.07, 6.45) is 79.5. The first kappa shape index (κ1) is 68.6. The van der Waals surface area contributed by atoms with Crippen molar-refractivity contribution in [3.63, 3.8) is 0 Å². The third-order valence-electron chi connectivity index (χ3n) is 11.9. The van der Waals surface area contributed by atoms with Crippen molar-refractivity contribution < 1.29 is 32.9 Å². The van der Waals surface area contributed by atoms with Crippen LogP contribution in [0.5, 0.6) is 0 Å². The Morgan fingerprint density at radius 3 is 1.24 bits per heavy atom. The average Bonchev–Trinajstić information content (AvgIpc) is 3.34. The Morgan fingerprint density at radius 2 is 0.847 bits per heavy atom. The van der Waals surface area contributed by atoms with Crippen molar-refractivity contribution >= 4 is 13.7 Å². The van der Waals surface area contributed by atoms with Crippen molar-refractivity contribution in [3.05, 3.63) is 134 Å². The fourth-order valence-corrected chi connectivity index (χ4v) is 8.14. The van der Waals surface area contributed by atoms with Gasteiger partial charge in [-0.05, 0) is 96.3 Å². The first-order valence-corrected chi connectivity index (χ1v) is 30.0. The summed E-state index contributed by atoms with van der Waals surface area (Å²) in [5.74, 6) is -0.228. The molecule has 0 rings (SSSR count). The molecule has 0 aliphatic carbocycles. The van der Waals surface area contributed by atoms with Gasteiger partial charge in [-0.15, -0.1) is 0 Å². The number of allylic oxidation sites excluding steroid dienone is 21. The summed E-state index contributed by atoms with van der Waals surface area (Å²) >= 11 is 0. The number of carbonyl (C=O) groups is 1. The number of likely N-dealkylation sites (N-methyl/N-ethyl adjacent to an activating group) is 1. The molecule has 0 heterocycles. The Kier molecular flexibility index (Phi) is 50.1. The second-order valence-electron chi connectivity index (χ2n) is 19.9. The molecule has 2 N–H and O–H groups in total. The standard InChI is InChI=1S/C63H107N2O6P/c1-6-8-10-12-14-16-18-20-22-23-24-25-26-27-28-29-30-31-32-33-34-35-36-37-38-39-40-41-43-45-47-49-51-53-55-57-63(67)64-61(60-71-72(68,69)70-59-58-65(3,4)5)62(66)56-54-52-50-48-46-44-42-21-19-17-15-13-11-9-7-2/h8,10,14,16,20,22,24-25,27-28,30-31,33-34,36-37,39-40,43,45,54,56,61-62,66H,6-7,9,11-13,15,17-19,21,23,26,29,32,35,38,41-42,44,46-53,55,57-60H2,1-5H3,(H-,64,67,68,69)/b10-8-,16-14-,22-20-,25-24-,28-27-,31-30-,34-33-,37-36-,40-39-,45-43-,56-54+. The van der Waals surface area contributed by atoms with Gasteiger partial charge in [-0.2, -0.15) is 0 Å². The third-order valence-corrected chi connectivity index (χ3v) is 12.8. The molecule has 72 heavy (non-hydrogen) atoms. The normalized spacial score (nSPS) is 14.9. The van der Waals surface area contributed by atoms with E-state index in [4.69, 9.17) is 9.05 Å². The Labute approximate surface area is 443 Å². The van der Waals surface area contributed by atoms with Gasteiger partial charge < -0.3 is 28.8 Å². The summed E-state index contributed by atoms with van der Waals surface area (Å²) in [4.78, 5) is 25.5. The van der Waals surface area contributed by atoms with Gasteiger partial charge >= 0.3 is 0 Å². The highest BCUT2D eigenvalue weighted by Gasteiger charge is 2.23. The number of aliphatic hydroxyl groups is 1. The molecule has 0 spiro atoms. The molecular weight excluding hydrogens is 912 g/mol. The van der Waals surface area contributed by atoms with Crippen LogP contribution in [0.25, 0.3) is 0 Å². The van der Waals surface area contributed by atoms with Crippen LogP contribution < -0.4 is 10.2 Å². The summed E-state index contributed by atoms with van der Waals surface area (Å²) in [6.45, 7) is 4.49. The summed E-state index contributed by atoms with van der Waals surface area (Å²) < 4.78 is 23.3. The summed E-state index contributed by atoms with van der Waals surface area (Å²) in [5.41, 5.74) is 0. The zero-order chi connectivity index (χ0) is 52.7. The first-order chi connectivity index (χ1) is 35.0. The lowest BCUT2D eigenvalue weighted by Gasteiger charge is -2.29. The maximum absolute atomic E-state index is 12.9. The monoisotopic (exact) mass is 1020 g/mol. The highest BCUT2D eigenvalue weighted by molar-refractivity contribution is 7.45. The zero-order valence-electron chi connectivity index (χ0n) is 46.6. The number of rotatable bonds is 50. The second kappa shape index (κ2) is 52.5. The molecule has 0 aliphatic heterocycles. The van der Waals surface area contributed by atoms with Crippen LogP contribution in [-0.4, -0.2) is 68.5 Å². The molecule has 1 amide bonds. The highest BCUT2D eigenvalue weighted by atomic mass is 31.2. The molecule has 8 nitrogen and oxygen atoms in total. The van der Waals surface area contributed by atoms with Gasteiger partial charge in [0.1, 0.15) is 13.2 Å². The highest BCUT2D eigenvalue weighted by Crippen LogP contribution is 2.38. The number of amides is 1. The second-order valence-corrected chi connectivity index (χ2v) is 21.3. The zero-order valence-corrected chi connectivity index (χ0v) is 47.5. The summed E-state index contributed by atoms with van der Waals surface area (Å²) in [7, 11) is 1.22. The number of carbonyl (C=O) groups excluding carboxylic acids is 1. The van der Waals surface area contributed by atoms with E-state index in [2.05, 4.69) is 141 Å². The number of phosphoric ester groups is 1. The average molecular weight is 1020 g/mol. The van der Waals surface area contributed by atoms with Gasteiger partial charge in [-0.1, -0.05) is 237 Å². The largest absolute Gasteiger partial charge is 0.756 e. The number of quaternary nitrogens is 1. The van der Waals surface area contributed by atoms with E-state index >= 15 is 0 Å². The summed E-state index contributed by atoms with van der Waals surface area (Å²) in [5, 5.41) is 13.8. The smallest absolute Gasteiger partial charge is 0.268 e. The molecule has 3 atom stereocenters. The molecule has 0 bridgehead atoms. The van der Waals surface area contributed by atoms with Crippen molar-refractivity contribution in [2.75, 3.05) is 40.9 Å². The van der Waals surface area contributed by atoms with Crippen molar-refractivity contribution in [3.8, 4) is 0 Å². The number of unbranched alkanes of at least 4 members (excludes halogenated alkanes) is 17. The van der Waals surface area contributed by atoms with E-state index in [1.165, 1.54) is 70.6 Å². The first-order valence-electron chi connectivity index (χ1n) is 28.5.